The minimum Gasteiger partial charge on any atom is -0.496 e. The van der Waals surface area contributed by atoms with E-state index in [9.17, 15) is 4.79 Å². The zero-order valence-electron chi connectivity index (χ0n) is 12.0. The molecule has 1 aliphatic heterocycles. The topological polar surface area (TPSA) is 76.8 Å². The summed E-state index contributed by atoms with van der Waals surface area (Å²) in [6.07, 6.45) is 0. The predicted octanol–water partition coefficient (Wildman–Crippen LogP) is 0.993. The lowest BCUT2D eigenvalue weighted by Gasteiger charge is -2.26. The molecule has 6 nitrogen and oxygen atoms in total. The number of nitrogens with zero attached hydrogens (tertiary/aromatic N) is 1. The third-order valence-electron chi connectivity index (χ3n) is 3.39. The zero-order chi connectivity index (χ0) is 15.2. The van der Waals surface area contributed by atoms with Crippen LogP contribution in [-0.4, -0.2) is 57.3 Å². The molecule has 0 aromatic heterocycles. The lowest BCUT2D eigenvalue weighted by atomic mass is 10.2. The van der Waals surface area contributed by atoms with Gasteiger partial charge in [0.2, 0.25) is 0 Å². The maximum atomic E-state index is 12.1. The lowest BCUT2D eigenvalue weighted by Crippen LogP contribution is -2.44. The molecule has 0 unspecified atom stereocenters. The molecule has 0 bridgehead atoms. The number of nitrogen functional groups attached to an aromatic ring is 1. The molecule has 2 rings (SSSR count). The largest absolute Gasteiger partial charge is 0.496 e. The van der Waals surface area contributed by atoms with Crippen LogP contribution < -0.4 is 15.8 Å². The van der Waals surface area contributed by atoms with Gasteiger partial charge in [0, 0.05) is 38.8 Å². The molecule has 0 atom stereocenters. The number of halogens is 1. The van der Waals surface area contributed by atoms with Crippen molar-refractivity contribution < 1.29 is 14.3 Å². The molecule has 0 spiro atoms. The number of esters is 1. The van der Waals surface area contributed by atoms with Gasteiger partial charge in [0.15, 0.2) is 0 Å². The third kappa shape index (κ3) is 4.23. The first kappa shape index (κ1) is 15.9. The van der Waals surface area contributed by atoms with Crippen molar-refractivity contribution in [1.82, 2.24) is 10.2 Å². The summed E-state index contributed by atoms with van der Waals surface area (Å²) < 4.78 is 10.4. The van der Waals surface area contributed by atoms with E-state index in [0.717, 1.165) is 32.7 Å². The van der Waals surface area contributed by atoms with Crippen LogP contribution in [0.3, 0.4) is 0 Å². The van der Waals surface area contributed by atoms with Crippen molar-refractivity contribution in [2.75, 3.05) is 52.2 Å². The number of rotatable bonds is 5. The average Bonchev–Trinajstić information content (AvgIpc) is 2.50. The molecule has 116 valence electrons. The van der Waals surface area contributed by atoms with Crippen molar-refractivity contribution in [1.29, 1.82) is 0 Å². The number of carbonyl (C=O) groups is 1. The van der Waals surface area contributed by atoms with Crippen LogP contribution in [0.4, 0.5) is 5.69 Å². The van der Waals surface area contributed by atoms with Crippen LogP contribution in [0.15, 0.2) is 12.1 Å². The highest BCUT2D eigenvalue weighted by Gasteiger charge is 2.17. The summed E-state index contributed by atoms with van der Waals surface area (Å²) in [5.41, 5.74) is 6.34. The Kier molecular flexibility index (Phi) is 5.67. The van der Waals surface area contributed by atoms with Crippen LogP contribution in [0.1, 0.15) is 10.4 Å². The fourth-order valence-corrected chi connectivity index (χ4v) is 2.34. The molecule has 1 fully saturated rings. The van der Waals surface area contributed by atoms with Crippen molar-refractivity contribution >= 4 is 23.3 Å². The van der Waals surface area contributed by atoms with Gasteiger partial charge in [-0.05, 0) is 6.07 Å². The molecular formula is C14H20ClN3O3. The summed E-state index contributed by atoms with van der Waals surface area (Å²) in [6, 6.07) is 3.00. The number of hydrogen-bond acceptors (Lipinski definition) is 6. The van der Waals surface area contributed by atoms with Gasteiger partial charge >= 0.3 is 5.97 Å². The first-order valence-corrected chi connectivity index (χ1v) is 7.23. The number of carbonyl (C=O) groups excluding carboxylic acids is 1. The minimum absolute atomic E-state index is 0.289. The lowest BCUT2D eigenvalue weighted by molar-refractivity contribution is 0.0452. The van der Waals surface area contributed by atoms with Gasteiger partial charge in [0.05, 0.1) is 17.8 Å². The van der Waals surface area contributed by atoms with Crippen molar-refractivity contribution in [2.24, 2.45) is 0 Å². The van der Waals surface area contributed by atoms with Gasteiger partial charge < -0.3 is 20.5 Å². The molecule has 1 saturated heterocycles. The Labute approximate surface area is 129 Å². The Morgan fingerprint density at radius 2 is 2.14 bits per heavy atom. The summed E-state index contributed by atoms with van der Waals surface area (Å²) in [6.45, 7) is 4.93. The first-order valence-electron chi connectivity index (χ1n) is 6.85. The molecule has 1 aromatic rings. The number of nitrogens with one attached hydrogen (secondary N) is 1. The Hall–Kier alpha value is -1.50. The van der Waals surface area contributed by atoms with Gasteiger partial charge in [-0.15, -0.1) is 0 Å². The van der Waals surface area contributed by atoms with E-state index in [0.29, 0.717) is 23.1 Å². The molecule has 3 N–H and O–H groups in total. The van der Waals surface area contributed by atoms with Crippen molar-refractivity contribution in [3.63, 3.8) is 0 Å². The molecule has 0 radical (unpaired) electrons. The number of piperazine rings is 1. The molecular weight excluding hydrogens is 294 g/mol. The molecule has 1 aromatic carbocycles. The predicted molar refractivity (Wildman–Crippen MR) is 82.0 cm³/mol. The molecule has 0 aliphatic carbocycles. The summed E-state index contributed by atoms with van der Waals surface area (Å²) in [7, 11) is 1.47. The zero-order valence-corrected chi connectivity index (χ0v) is 12.8. The van der Waals surface area contributed by atoms with Crippen LogP contribution in [0, 0.1) is 0 Å². The number of anilines is 1. The van der Waals surface area contributed by atoms with E-state index >= 15 is 0 Å². The van der Waals surface area contributed by atoms with E-state index in [-0.39, 0.29) is 5.56 Å². The smallest absolute Gasteiger partial charge is 0.342 e. The maximum absolute atomic E-state index is 12.1. The molecule has 1 aliphatic rings. The average molecular weight is 314 g/mol. The van der Waals surface area contributed by atoms with Crippen molar-refractivity contribution in [3.8, 4) is 5.75 Å². The first-order chi connectivity index (χ1) is 10.1. The standard InChI is InChI=1S/C14H20ClN3O3/c1-20-13-9-12(16)11(15)8-10(13)14(19)21-7-6-18-4-2-17-3-5-18/h8-9,17H,2-7,16H2,1H3. The second-order valence-electron chi connectivity index (χ2n) is 4.80. The van der Waals surface area contributed by atoms with Crippen LogP contribution in [0.5, 0.6) is 5.75 Å². The summed E-state index contributed by atoms with van der Waals surface area (Å²) in [5.74, 6) is -0.0899. The monoisotopic (exact) mass is 313 g/mol. The van der Waals surface area contributed by atoms with Crippen LogP contribution >= 0.6 is 11.6 Å². The molecule has 1 heterocycles. The number of hydrogen-bond donors (Lipinski definition) is 2. The fourth-order valence-electron chi connectivity index (χ4n) is 2.18. The third-order valence-corrected chi connectivity index (χ3v) is 3.72. The van der Waals surface area contributed by atoms with E-state index in [1.54, 1.807) is 0 Å². The number of ether oxygens (including phenoxy) is 2. The molecule has 0 saturated carbocycles. The minimum atomic E-state index is -0.455. The Bertz CT molecular complexity index is 504. The maximum Gasteiger partial charge on any atom is 0.342 e. The normalized spacial score (nSPS) is 15.7. The highest BCUT2D eigenvalue weighted by atomic mass is 35.5. The number of methoxy groups -OCH3 is 1. The van der Waals surface area contributed by atoms with Gasteiger partial charge in [-0.2, -0.15) is 0 Å². The highest BCUT2D eigenvalue weighted by molar-refractivity contribution is 6.33. The second-order valence-corrected chi connectivity index (χ2v) is 5.21. The molecule has 0 amide bonds. The molecule has 7 heteroatoms. The second kappa shape index (κ2) is 7.49. The van der Waals surface area contributed by atoms with Gasteiger partial charge in [0.25, 0.3) is 0 Å². The van der Waals surface area contributed by atoms with Gasteiger partial charge in [0.1, 0.15) is 17.9 Å². The summed E-state index contributed by atoms with van der Waals surface area (Å²) in [4.78, 5) is 14.3. The van der Waals surface area contributed by atoms with Crippen molar-refractivity contribution in [3.05, 3.63) is 22.7 Å². The fraction of sp³-hybridized carbons (Fsp3) is 0.500. The van der Waals surface area contributed by atoms with Crippen molar-refractivity contribution in [2.45, 2.75) is 0 Å². The van der Waals surface area contributed by atoms with E-state index in [4.69, 9.17) is 26.8 Å². The Balaban J connectivity index is 1.92. The van der Waals surface area contributed by atoms with Crippen LogP contribution in [0.2, 0.25) is 5.02 Å². The van der Waals surface area contributed by atoms with E-state index in [1.165, 1.54) is 19.2 Å². The Morgan fingerprint density at radius 1 is 1.43 bits per heavy atom. The Morgan fingerprint density at radius 3 is 2.81 bits per heavy atom. The van der Waals surface area contributed by atoms with Gasteiger partial charge in [-0.25, -0.2) is 4.79 Å². The quantitative estimate of drug-likeness (QED) is 0.624. The van der Waals surface area contributed by atoms with Crippen LogP contribution in [-0.2, 0) is 4.74 Å². The van der Waals surface area contributed by atoms with E-state index in [2.05, 4.69) is 10.2 Å². The summed E-state index contributed by atoms with van der Waals surface area (Å²) >= 11 is 5.94. The van der Waals surface area contributed by atoms with Crippen LogP contribution in [0.25, 0.3) is 0 Å². The van der Waals surface area contributed by atoms with E-state index < -0.39 is 5.97 Å². The number of nitrogens with two attached hydrogens (primary N) is 1. The highest BCUT2D eigenvalue weighted by Crippen LogP contribution is 2.29. The van der Waals surface area contributed by atoms with Gasteiger partial charge in [-0.1, -0.05) is 11.6 Å². The SMILES string of the molecule is COc1cc(N)c(Cl)cc1C(=O)OCCN1CCNCC1. The molecule has 21 heavy (non-hydrogen) atoms. The summed E-state index contributed by atoms with van der Waals surface area (Å²) in [5, 5.41) is 3.58. The number of benzene rings is 1. The van der Waals surface area contributed by atoms with E-state index in [1.807, 2.05) is 0 Å². The van der Waals surface area contributed by atoms with Gasteiger partial charge in [-0.3, -0.25) is 4.90 Å².